The number of rotatable bonds is 8. The molecule has 0 aliphatic carbocycles. The quantitative estimate of drug-likeness (QED) is 0.774. The Hall–Kier alpha value is -2.82. The Morgan fingerprint density at radius 3 is 2.32 bits per heavy atom. The Kier molecular flexibility index (Phi) is 6.57. The van der Waals surface area contributed by atoms with E-state index >= 15 is 0 Å². The maximum atomic E-state index is 12.3. The number of carboxylic acids is 1. The molecule has 5 nitrogen and oxygen atoms in total. The molecule has 0 unspecified atom stereocenters. The number of para-hydroxylation sites is 1. The molecule has 1 amide bonds. The fourth-order valence-electron chi connectivity index (χ4n) is 2.49. The van der Waals surface area contributed by atoms with Crippen molar-refractivity contribution in [2.24, 2.45) is 0 Å². The summed E-state index contributed by atoms with van der Waals surface area (Å²) in [5.74, 6) is -0.755. The van der Waals surface area contributed by atoms with E-state index < -0.39 is 12.0 Å². The number of nitrogens with one attached hydrogen (secondary N) is 1. The summed E-state index contributed by atoms with van der Waals surface area (Å²) in [7, 11) is 0. The van der Waals surface area contributed by atoms with Gasteiger partial charge < -0.3 is 15.2 Å². The van der Waals surface area contributed by atoms with Crippen molar-refractivity contribution >= 4 is 11.9 Å². The molecule has 2 aromatic rings. The second-order valence-electron chi connectivity index (χ2n) is 6.10. The van der Waals surface area contributed by atoms with E-state index in [2.05, 4.69) is 5.32 Å². The predicted molar refractivity (Wildman–Crippen MR) is 95.6 cm³/mol. The molecule has 25 heavy (non-hydrogen) atoms. The fraction of sp³-hybridized carbons (Fsp3) is 0.300. The van der Waals surface area contributed by atoms with Gasteiger partial charge in [-0.1, -0.05) is 48.5 Å². The maximum absolute atomic E-state index is 12.3. The molecule has 0 fully saturated rings. The van der Waals surface area contributed by atoms with Crippen LogP contribution < -0.4 is 10.1 Å². The average Bonchev–Trinajstić information content (AvgIpc) is 2.56. The van der Waals surface area contributed by atoms with Crippen molar-refractivity contribution in [2.45, 2.75) is 38.8 Å². The number of benzene rings is 2. The summed E-state index contributed by atoms with van der Waals surface area (Å²) in [6.07, 6.45) is 0.308. The van der Waals surface area contributed by atoms with Gasteiger partial charge in [0.25, 0.3) is 0 Å². The molecule has 0 saturated heterocycles. The standard InChI is InChI=1S/C20H23NO4/c1-14(2)25-18-11-7-6-10-16(18)13-19(22)21-17(20(23)24)12-15-8-4-3-5-9-15/h3-11,14,17H,12-13H2,1-2H3,(H,21,22)(H,23,24)/t17-/m0/s1. The molecule has 2 rings (SSSR count). The lowest BCUT2D eigenvalue weighted by atomic mass is 10.1. The third-order valence-electron chi connectivity index (χ3n) is 3.60. The van der Waals surface area contributed by atoms with Crippen LogP contribution >= 0.6 is 0 Å². The predicted octanol–water partition coefficient (Wildman–Crippen LogP) is 2.83. The van der Waals surface area contributed by atoms with Crippen LogP contribution in [0.4, 0.5) is 0 Å². The lowest BCUT2D eigenvalue weighted by Gasteiger charge is -2.17. The van der Waals surface area contributed by atoms with Gasteiger partial charge in [0.15, 0.2) is 0 Å². The first-order valence-corrected chi connectivity index (χ1v) is 8.26. The second kappa shape index (κ2) is 8.87. The van der Waals surface area contributed by atoms with Gasteiger partial charge in [-0.15, -0.1) is 0 Å². The SMILES string of the molecule is CC(C)Oc1ccccc1CC(=O)N[C@@H](Cc1ccccc1)C(=O)O. The molecule has 0 saturated carbocycles. The van der Waals surface area contributed by atoms with Crippen LogP contribution in [0, 0.1) is 0 Å². The molecule has 5 heteroatoms. The number of amides is 1. The number of hydrogen-bond acceptors (Lipinski definition) is 3. The second-order valence-corrected chi connectivity index (χ2v) is 6.10. The first kappa shape index (κ1) is 18.5. The average molecular weight is 341 g/mol. The van der Waals surface area contributed by atoms with Crippen molar-refractivity contribution < 1.29 is 19.4 Å². The van der Waals surface area contributed by atoms with Crippen molar-refractivity contribution in [2.75, 3.05) is 0 Å². The van der Waals surface area contributed by atoms with Crippen LogP contribution in [0.25, 0.3) is 0 Å². The zero-order valence-corrected chi connectivity index (χ0v) is 14.4. The van der Waals surface area contributed by atoms with Gasteiger partial charge in [-0.3, -0.25) is 4.79 Å². The highest BCUT2D eigenvalue weighted by atomic mass is 16.5. The van der Waals surface area contributed by atoms with Crippen LogP contribution in [0.5, 0.6) is 5.75 Å². The molecule has 2 aromatic carbocycles. The number of carboxylic acid groups (broad SMARTS) is 1. The maximum Gasteiger partial charge on any atom is 0.326 e. The monoisotopic (exact) mass is 341 g/mol. The van der Waals surface area contributed by atoms with Gasteiger partial charge in [0.05, 0.1) is 12.5 Å². The Balaban J connectivity index is 2.03. The molecule has 0 bridgehead atoms. The molecule has 0 spiro atoms. The van der Waals surface area contributed by atoms with E-state index in [4.69, 9.17) is 4.74 Å². The van der Waals surface area contributed by atoms with Gasteiger partial charge >= 0.3 is 5.97 Å². The molecule has 1 atom stereocenters. The highest BCUT2D eigenvalue weighted by molar-refractivity contribution is 5.85. The number of hydrogen-bond donors (Lipinski definition) is 2. The minimum absolute atomic E-state index is 0.00550. The highest BCUT2D eigenvalue weighted by Gasteiger charge is 2.21. The Labute approximate surface area is 147 Å². The number of aliphatic carboxylic acids is 1. The topological polar surface area (TPSA) is 75.6 Å². The van der Waals surface area contributed by atoms with Gasteiger partial charge in [-0.2, -0.15) is 0 Å². The summed E-state index contributed by atoms with van der Waals surface area (Å²) < 4.78 is 5.70. The summed E-state index contributed by atoms with van der Waals surface area (Å²) >= 11 is 0. The summed E-state index contributed by atoms with van der Waals surface area (Å²) in [5.41, 5.74) is 1.59. The van der Waals surface area contributed by atoms with Crippen molar-refractivity contribution in [3.8, 4) is 5.75 Å². The van der Waals surface area contributed by atoms with E-state index in [1.807, 2.05) is 62.4 Å². The molecule has 0 aromatic heterocycles. The Morgan fingerprint density at radius 1 is 1.04 bits per heavy atom. The lowest BCUT2D eigenvalue weighted by Crippen LogP contribution is -2.43. The largest absolute Gasteiger partial charge is 0.491 e. The molecular weight excluding hydrogens is 318 g/mol. The third kappa shape index (κ3) is 5.95. The van der Waals surface area contributed by atoms with Crippen LogP contribution in [0.15, 0.2) is 54.6 Å². The summed E-state index contributed by atoms with van der Waals surface area (Å²) in [5, 5.41) is 12.0. The molecule has 0 radical (unpaired) electrons. The first-order valence-electron chi connectivity index (χ1n) is 8.26. The van der Waals surface area contributed by atoms with Gasteiger partial charge in [0.1, 0.15) is 11.8 Å². The van der Waals surface area contributed by atoms with E-state index in [-0.39, 0.29) is 24.9 Å². The molecule has 2 N–H and O–H groups in total. The van der Waals surface area contributed by atoms with E-state index in [9.17, 15) is 14.7 Å². The van der Waals surface area contributed by atoms with Crippen molar-refractivity contribution in [1.82, 2.24) is 5.32 Å². The summed E-state index contributed by atoms with van der Waals surface area (Å²) in [6.45, 7) is 3.83. The minimum Gasteiger partial charge on any atom is -0.491 e. The minimum atomic E-state index is -1.05. The van der Waals surface area contributed by atoms with E-state index in [0.717, 1.165) is 11.1 Å². The van der Waals surface area contributed by atoms with Crippen molar-refractivity contribution in [1.29, 1.82) is 0 Å². The number of ether oxygens (including phenoxy) is 1. The molecule has 0 aliphatic heterocycles. The third-order valence-corrected chi connectivity index (χ3v) is 3.60. The van der Waals surface area contributed by atoms with Crippen LogP contribution in [-0.2, 0) is 22.4 Å². The normalized spacial score (nSPS) is 11.8. The van der Waals surface area contributed by atoms with Crippen molar-refractivity contribution in [3.63, 3.8) is 0 Å². The summed E-state index contributed by atoms with van der Waals surface area (Å²) in [6, 6.07) is 15.6. The molecule has 132 valence electrons. The fourth-order valence-corrected chi connectivity index (χ4v) is 2.49. The molecular formula is C20H23NO4. The van der Waals surface area contributed by atoms with Crippen LogP contribution in [-0.4, -0.2) is 29.1 Å². The van der Waals surface area contributed by atoms with Gasteiger partial charge in [-0.25, -0.2) is 4.79 Å². The van der Waals surface area contributed by atoms with E-state index in [1.165, 1.54) is 0 Å². The van der Waals surface area contributed by atoms with Gasteiger partial charge in [0, 0.05) is 12.0 Å². The first-order chi connectivity index (χ1) is 12.0. The number of carbonyl (C=O) groups is 2. The van der Waals surface area contributed by atoms with Gasteiger partial charge in [0.2, 0.25) is 5.91 Å². The van der Waals surface area contributed by atoms with Crippen LogP contribution in [0.2, 0.25) is 0 Å². The smallest absolute Gasteiger partial charge is 0.326 e. The Bertz CT molecular complexity index is 713. The van der Waals surface area contributed by atoms with Crippen LogP contribution in [0.3, 0.4) is 0 Å². The summed E-state index contributed by atoms with van der Waals surface area (Å²) in [4.78, 5) is 23.8. The van der Waals surface area contributed by atoms with Gasteiger partial charge in [-0.05, 0) is 25.5 Å². The zero-order valence-electron chi connectivity index (χ0n) is 14.4. The number of carbonyl (C=O) groups excluding carboxylic acids is 1. The molecule has 0 aliphatic rings. The Morgan fingerprint density at radius 2 is 1.68 bits per heavy atom. The van der Waals surface area contributed by atoms with E-state index in [0.29, 0.717) is 5.75 Å². The molecule has 0 heterocycles. The van der Waals surface area contributed by atoms with E-state index in [1.54, 1.807) is 6.07 Å². The lowest BCUT2D eigenvalue weighted by molar-refractivity contribution is -0.141. The zero-order chi connectivity index (χ0) is 18.2. The highest BCUT2D eigenvalue weighted by Crippen LogP contribution is 2.20. The van der Waals surface area contributed by atoms with Crippen molar-refractivity contribution in [3.05, 3.63) is 65.7 Å². The van der Waals surface area contributed by atoms with Crippen LogP contribution in [0.1, 0.15) is 25.0 Å².